The smallest absolute Gasteiger partial charge is 0.371 e. The molecule has 0 aliphatic carbocycles. The van der Waals surface area contributed by atoms with Crippen LogP contribution in [0.4, 0.5) is 0 Å². The fraction of sp³-hybridized carbons (Fsp3) is 0.545. The van der Waals surface area contributed by atoms with Gasteiger partial charge in [0.05, 0.1) is 11.5 Å². The number of sulfone groups is 1. The summed E-state index contributed by atoms with van der Waals surface area (Å²) in [6.07, 6.45) is -0.158. The van der Waals surface area contributed by atoms with Crippen LogP contribution in [0.25, 0.3) is 0 Å². The molecule has 6 nitrogen and oxygen atoms in total. The third-order valence-corrected chi connectivity index (χ3v) is 4.89. The molecule has 2 rings (SSSR count). The number of aliphatic hydroxyl groups excluding tert-OH is 1. The molecule has 0 saturated carbocycles. The Labute approximate surface area is 104 Å². The van der Waals surface area contributed by atoms with Crippen molar-refractivity contribution in [2.24, 2.45) is 5.92 Å². The summed E-state index contributed by atoms with van der Waals surface area (Å²) in [5.41, 5.74) is 0. The van der Waals surface area contributed by atoms with Crippen LogP contribution in [-0.4, -0.2) is 36.1 Å². The van der Waals surface area contributed by atoms with E-state index in [1.807, 2.05) is 0 Å². The zero-order valence-corrected chi connectivity index (χ0v) is 10.4. The highest BCUT2D eigenvalue weighted by molar-refractivity contribution is 7.91. The van der Waals surface area contributed by atoms with Gasteiger partial charge in [-0.3, -0.25) is 0 Å². The number of hydrogen-bond acceptors (Lipinski definition) is 5. The number of aromatic carboxylic acids is 1. The Morgan fingerprint density at radius 2 is 2.22 bits per heavy atom. The normalized spacial score (nSPS) is 23.9. The maximum atomic E-state index is 11.3. The van der Waals surface area contributed by atoms with Crippen molar-refractivity contribution in [3.05, 3.63) is 23.7 Å². The number of aliphatic hydroxyl groups is 1. The van der Waals surface area contributed by atoms with Gasteiger partial charge in [0.25, 0.3) is 0 Å². The van der Waals surface area contributed by atoms with E-state index in [0.29, 0.717) is 6.42 Å². The highest BCUT2D eigenvalue weighted by atomic mass is 32.2. The van der Waals surface area contributed by atoms with Crippen molar-refractivity contribution in [1.82, 2.24) is 0 Å². The summed E-state index contributed by atoms with van der Waals surface area (Å²) < 4.78 is 27.5. The largest absolute Gasteiger partial charge is 0.475 e. The molecule has 1 aliphatic rings. The lowest BCUT2D eigenvalue weighted by Crippen LogP contribution is -2.09. The summed E-state index contributed by atoms with van der Waals surface area (Å²) in [5.74, 6) is -1.13. The average Bonchev–Trinajstić information content (AvgIpc) is 2.85. The molecule has 7 heteroatoms. The Hall–Kier alpha value is -1.34. The maximum Gasteiger partial charge on any atom is 0.371 e. The molecule has 2 heterocycles. The molecule has 100 valence electrons. The van der Waals surface area contributed by atoms with Crippen molar-refractivity contribution in [3.63, 3.8) is 0 Å². The monoisotopic (exact) mass is 274 g/mol. The van der Waals surface area contributed by atoms with Crippen LogP contribution >= 0.6 is 0 Å². The zero-order chi connectivity index (χ0) is 13.3. The van der Waals surface area contributed by atoms with Crippen LogP contribution in [0.3, 0.4) is 0 Å². The second kappa shape index (κ2) is 4.74. The molecule has 0 bridgehead atoms. The number of furan rings is 1. The van der Waals surface area contributed by atoms with Crippen molar-refractivity contribution in [1.29, 1.82) is 0 Å². The van der Waals surface area contributed by atoms with Gasteiger partial charge in [-0.05, 0) is 30.9 Å². The Bertz CT molecular complexity index is 544. The molecule has 0 radical (unpaired) electrons. The van der Waals surface area contributed by atoms with Crippen LogP contribution in [0.1, 0.15) is 35.3 Å². The van der Waals surface area contributed by atoms with Crippen LogP contribution in [0, 0.1) is 5.92 Å². The van der Waals surface area contributed by atoms with Gasteiger partial charge in [0, 0.05) is 0 Å². The van der Waals surface area contributed by atoms with Gasteiger partial charge in [0.2, 0.25) is 5.76 Å². The van der Waals surface area contributed by atoms with Gasteiger partial charge >= 0.3 is 5.97 Å². The molecule has 0 amide bonds. The first-order chi connectivity index (χ1) is 8.37. The van der Waals surface area contributed by atoms with Crippen LogP contribution in [0.15, 0.2) is 16.5 Å². The van der Waals surface area contributed by atoms with Gasteiger partial charge in [-0.2, -0.15) is 0 Å². The van der Waals surface area contributed by atoms with Gasteiger partial charge < -0.3 is 14.6 Å². The van der Waals surface area contributed by atoms with E-state index in [-0.39, 0.29) is 35.4 Å². The standard InChI is InChI=1S/C11H14O6S/c12-8(5-7-3-4-18(15,16)6-7)9-1-2-10(17-9)11(13)14/h1-2,7-8,12H,3-6H2,(H,13,14). The minimum Gasteiger partial charge on any atom is -0.475 e. The van der Waals surface area contributed by atoms with Gasteiger partial charge in [-0.1, -0.05) is 0 Å². The van der Waals surface area contributed by atoms with Gasteiger partial charge in [0.15, 0.2) is 9.84 Å². The molecular formula is C11H14O6S. The molecular weight excluding hydrogens is 260 g/mol. The molecule has 1 saturated heterocycles. The number of hydrogen-bond donors (Lipinski definition) is 2. The first kappa shape index (κ1) is 13.1. The summed E-state index contributed by atoms with van der Waals surface area (Å²) in [7, 11) is -2.97. The van der Waals surface area contributed by atoms with E-state index in [9.17, 15) is 18.3 Å². The number of carbonyl (C=O) groups is 1. The summed E-state index contributed by atoms with van der Waals surface area (Å²) in [4.78, 5) is 10.6. The molecule has 1 aliphatic heterocycles. The molecule has 18 heavy (non-hydrogen) atoms. The van der Waals surface area contributed by atoms with Crippen LogP contribution in [0.2, 0.25) is 0 Å². The summed E-state index contributed by atoms with van der Waals surface area (Å²) in [6.45, 7) is 0. The second-order valence-electron chi connectivity index (χ2n) is 4.53. The van der Waals surface area contributed by atoms with Crippen molar-refractivity contribution >= 4 is 15.8 Å². The molecule has 1 aromatic heterocycles. The molecule has 1 fully saturated rings. The molecule has 1 aromatic rings. The Kier molecular flexibility index (Phi) is 3.45. The van der Waals surface area contributed by atoms with E-state index < -0.39 is 21.9 Å². The summed E-state index contributed by atoms with van der Waals surface area (Å²) >= 11 is 0. The lowest BCUT2D eigenvalue weighted by molar-refractivity contribution is 0.0647. The van der Waals surface area contributed by atoms with E-state index >= 15 is 0 Å². The topological polar surface area (TPSA) is 105 Å². The summed E-state index contributed by atoms with van der Waals surface area (Å²) in [6, 6.07) is 2.67. The lowest BCUT2D eigenvalue weighted by Gasteiger charge is -2.11. The highest BCUT2D eigenvalue weighted by Crippen LogP contribution is 2.29. The number of rotatable bonds is 4. The fourth-order valence-electron chi connectivity index (χ4n) is 2.14. The van der Waals surface area contributed by atoms with Crippen molar-refractivity contribution in [2.45, 2.75) is 18.9 Å². The van der Waals surface area contributed by atoms with Gasteiger partial charge in [-0.25, -0.2) is 13.2 Å². The van der Waals surface area contributed by atoms with E-state index in [2.05, 4.69) is 0 Å². The van der Waals surface area contributed by atoms with E-state index in [1.54, 1.807) is 0 Å². The molecule has 2 atom stereocenters. The first-order valence-electron chi connectivity index (χ1n) is 5.59. The molecule has 0 aromatic carbocycles. The summed E-state index contributed by atoms with van der Waals surface area (Å²) in [5, 5.41) is 18.5. The minimum absolute atomic E-state index is 0.0799. The Balaban J connectivity index is 1.99. The molecule has 0 spiro atoms. The molecule has 2 unspecified atom stereocenters. The SMILES string of the molecule is O=C(O)c1ccc(C(O)CC2CCS(=O)(=O)C2)o1. The van der Waals surface area contributed by atoms with Gasteiger partial charge in [0.1, 0.15) is 11.9 Å². The predicted molar refractivity (Wildman–Crippen MR) is 62.0 cm³/mol. The Morgan fingerprint density at radius 1 is 1.50 bits per heavy atom. The number of carboxylic acids is 1. The second-order valence-corrected chi connectivity index (χ2v) is 6.76. The maximum absolute atomic E-state index is 11.3. The van der Waals surface area contributed by atoms with E-state index in [4.69, 9.17) is 9.52 Å². The van der Waals surface area contributed by atoms with Crippen LogP contribution in [0.5, 0.6) is 0 Å². The minimum atomic E-state index is -2.97. The van der Waals surface area contributed by atoms with Crippen molar-refractivity contribution in [2.75, 3.05) is 11.5 Å². The zero-order valence-electron chi connectivity index (χ0n) is 9.57. The average molecular weight is 274 g/mol. The lowest BCUT2D eigenvalue weighted by atomic mass is 10.00. The quantitative estimate of drug-likeness (QED) is 0.842. The number of carboxylic acid groups (broad SMARTS) is 1. The third-order valence-electron chi connectivity index (χ3n) is 3.05. The predicted octanol–water partition coefficient (Wildman–Crippen LogP) is 0.836. The van der Waals surface area contributed by atoms with Crippen molar-refractivity contribution < 1.29 is 27.8 Å². The highest BCUT2D eigenvalue weighted by Gasteiger charge is 2.30. The van der Waals surface area contributed by atoms with Crippen LogP contribution < -0.4 is 0 Å². The van der Waals surface area contributed by atoms with Crippen molar-refractivity contribution in [3.8, 4) is 0 Å². The third kappa shape index (κ3) is 2.91. The fourth-order valence-corrected chi connectivity index (χ4v) is 4.02. The van der Waals surface area contributed by atoms with E-state index in [0.717, 1.165) is 0 Å². The Morgan fingerprint density at radius 3 is 2.72 bits per heavy atom. The first-order valence-corrected chi connectivity index (χ1v) is 7.41. The van der Waals surface area contributed by atoms with E-state index in [1.165, 1.54) is 12.1 Å². The van der Waals surface area contributed by atoms with Gasteiger partial charge in [-0.15, -0.1) is 0 Å². The molecule has 2 N–H and O–H groups in total. The van der Waals surface area contributed by atoms with Crippen LogP contribution in [-0.2, 0) is 9.84 Å².